The monoisotopic (exact) mass is 239 g/mol. The molecule has 4 nitrogen and oxygen atoms in total. The molecule has 0 radical (unpaired) electrons. The van der Waals surface area contributed by atoms with Gasteiger partial charge in [-0.3, -0.25) is 15.1 Å². The molecule has 0 aliphatic rings. The van der Waals surface area contributed by atoms with Gasteiger partial charge in [-0.15, -0.1) is 0 Å². The van der Waals surface area contributed by atoms with Crippen LogP contribution >= 0.6 is 0 Å². The average Bonchev–Trinajstić information content (AvgIpc) is 2.35. The summed E-state index contributed by atoms with van der Waals surface area (Å²) in [4.78, 5) is 12.9. The third kappa shape index (κ3) is 3.80. The first-order valence-electron chi connectivity index (χ1n) is 5.50. The summed E-state index contributed by atoms with van der Waals surface area (Å²) in [6.45, 7) is 2.43. The van der Waals surface area contributed by atoms with Crippen LogP contribution in [0.2, 0.25) is 0 Å². The van der Waals surface area contributed by atoms with E-state index in [1.807, 2.05) is 18.9 Å². The standard InChI is InChI=1S/C12H18FN3O/c1-9(10-5-3-4-6-11(10)13)16(2)8-7-12(17)15-14/h3-6,9H,7-8,14H2,1-2H3,(H,15,17). The second-order valence-electron chi connectivity index (χ2n) is 4.00. The van der Waals surface area contributed by atoms with E-state index in [2.05, 4.69) is 5.43 Å². The molecule has 0 aromatic heterocycles. The molecule has 1 aromatic carbocycles. The maximum Gasteiger partial charge on any atom is 0.235 e. The minimum Gasteiger partial charge on any atom is -0.299 e. The van der Waals surface area contributed by atoms with Crippen LogP contribution in [0.15, 0.2) is 24.3 Å². The number of amides is 1. The van der Waals surface area contributed by atoms with E-state index in [9.17, 15) is 9.18 Å². The Morgan fingerprint density at radius 3 is 2.76 bits per heavy atom. The van der Waals surface area contributed by atoms with Crippen LogP contribution in [0.1, 0.15) is 24.9 Å². The Kier molecular flexibility index (Phi) is 5.06. The van der Waals surface area contributed by atoms with Crippen molar-refractivity contribution in [3.8, 4) is 0 Å². The summed E-state index contributed by atoms with van der Waals surface area (Å²) in [5.74, 6) is 4.54. The average molecular weight is 239 g/mol. The summed E-state index contributed by atoms with van der Waals surface area (Å²) in [6, 6.07) is 6.57. The Morgan fingerprint density at radius 1 is 1.53 bits per heavy atom. The van der Waals surface area contributed by atoms with E-state index in [0.717, 1.165) is 0 Å². The van der Waals surface area contributed by atoms with Gasteiger partial charge >= 0.3 is 0 Å². The maximum absolute atomic E-state index is 13.5. The Bertz CT molecular complexity index is 384. The summed E-state index contributed by atoms with van der Waals surface area (Å²) in [5, 5.41) is 0. The molecular formula is C12H18FN3O. The quantitative estimate of drug-likeness (QED) is 0.461. The van der Waals surface area contributed by atoms with Crippen LogP contribution in [-0.2, 0) is 4.79 Å². The third-order valence-corrected chi connectivity index (χ3v) is 2.87. The first kappa shape index (κ1) is 13.6. The van der Waals surface area contributed by atoms with E-state index in [4.69, 9.17) is 5.84 Å². The van der Waals surface area contributed by atoms with Gasteiger partial charge in [-0.2, -0.15) is 0 Å². The highest BCUT2D eigenvalue weighted by atomic mass is 19.1. The maximum atomic E-state index is 13.5. The second kappa shape index (κ2) is 6.32. The number of nitrogens with one attached hydrogen (secondary N) is 1. The minimum atomic E-state index is -0.227. The molecular weight excluding hydrogens is 221 g/mol. The van der Waals surface area contributed by atoms with Gasteiger partial charge < -0.3 is 0 Å². The van der Waals surface area contributed by atoms with E-state index in [0.29, 0.717) is 18.5 Å². The molecule has 1 unspecified atom stereocenters. The number of hydrogen-bond acceptors (Lipinski definition) is 3. The van der Waals surface area contributed by atoms with Crippen LogP contribution in [0.3, 0.4) is 0 Å². The summed E-state index contributed by atoms with van der Waals surface area (Å²) in [6.07, 6.45) is 0.297. The lowest BCUT2D eigenvalue weighted by Crippen LogP contribution is -2.34. The van der Waals surface area contributed by atoms with Gasteiger partial charge in [0.1, 0.15) is 5.82 Å². The molecule has 1 rings (SSSR count). The van der Waals surface area contributed by atoms with E-state index in [1.54, 1.807) is 18.2 Å². The van der Waals surface area contributed by atoms with Crippen molar-refractivity contribution in [2.75, 3.05) is 13.6 Å². The van der Waals surface area contributed by atoms with Crippen molar-refractivity contribution in [1.82, 2.24) is 10.3 Å². The Hall–Kier alpha value is -1.46. The highest BCUT2D eigenvalue weighted by Gasteiger charge is 2.15. The van der Waals surface area contributed by atoms with Crippen LogP contribution < -0.4 is 11.3 Å². The van der Waals surface area contributed by atoms with E-state index in [-0.39, 0.29) is 17.8 Å². The van der Waals surface area contributed by atoms with Gasteiger partial charge in [-0.25, -0.2) is 10.2 Å². The molecule has 0 fully saturated rings. The van der Waals surface area contributed by atoms with Gasteiger partial charge in [0.05, 0.1) is 0 Å². The zero-order valence-corrected chi connectivity index (χ0v) is 10.1. The van der Waals surface area contributed by atoms with Gasteiger partial charge in [0.25, 0.3) is 0 Å². The molecule has 94 valence electrons. The molecule has 3 N–H and O–H groups in total. The predicted octanol–water partition coefficient (Wildman–Crippen LogP) is 1.20. The molecule has 1 atom stereocenters. The summed E-state index contributed by atoms with van der Waals surface area (Å²) in [5.41, 5.74) is 2.70. The van der Waals surface area contributed by atoms with Crippen LogP contribution in [0.4, 0.5) is 4.39 Å². The summed E-state index contributed by atoms with van der Waals surface area (Å²) in [7, 11) is 1.85. The normalized spacial score (nSPS) is 12.5. The fourth-order valence-corrected chi connectivity index (χ4v) is 1.60. The molecule has 0 aliphatic heterocycles. The zero-order chi connectivity index (χ0) is 12.8. The second-order valence-corrected chi connectivity index (χ2v) is 4.00. The number of nitrogens with two attached hydrogens (primary N) is 1. The first-order valence-corrected chi connectivity index (χ1v) is 5.50. The zero-order valence-electron chi connectivity index (χ0n) is 10.1. The largest absolute Gasteiger partial charge is 0.299 e. The smallest absolute Gasteiger partial charge is 0.235 e. The lowest BCUT2D eigenvalue weighted by atomic mass is 10.1. The van der Waals surface area contributed by atoms with E-state index in [1.165, 1.54) is 6.07 Å². The molecule has 0 saturated heterocycles. The number of carbonyl (C=O) groups is 1. The molecule has 0 aliphatic carbocycles. The van der Waals surface area contributed by atoms with Crippen molar-refractivity contribution in [1.29, 1.82) is 0 Å². The Labute approximate surface area is 101 Å². The predicted molar refractivity (Wildman–Crippen MR) is 64.4 cm³/mol. The molecule has 0 spiro atoms. The molecule has 0 saturated carbocycles. The van der Waals surface area contributed by atoms with Crippen molar-refractivity contribution in [2.45, 2.75) is 19.4 Å². The highest BCUT2D eigenvalue weighted by Crippen LogP contribution is 2.21. The molecule has 1 amide bonds. The molecule has 17 heavy (non-hydrogen) atoms. The van der Waals surface area contributed by atoms with Crippen LogP contribution in [0.5, 0.6) is 0 Å². The van der Waals surface area contributed by atoms with Gasteiger partial charge in [-0.05, 0) is 20.0 Å². The number of hydrogen-bond donors (Lipinski definition) is 2. The van der Waals surface area contributed by atoms with Crippen LogP contribution in [0, 0.1) is 5.82 Å². The number of hydrazine groups is 1. The van der Waals surface area contributed by atoms with Gasteiger partial charge in [0.2, 0.25) is 5.91 Å². The SMILES string of the molecule is CC(c1ccccc1F)N(C)CCC(=O)NN. The van der Waals surface area contributed by atoms with Crippen LogP contribution in [-0.4, -0.2) is 24.4 Å². The number of nitrogens with zero attached hydrogens (tertiary/aromatic N) is 1. The fourth-order valence-electron chi connectivity index (χ4n) is 1.60. The van der Waals surface area contributed by atoms with Crippen molar-refractivity contribution < 1.29 is 9.18 Å². The molecule has 0 bridgehead atoms. The van der Waals surface area contributed by atoms with Crippen molar-refractivity contribution in [2.24, 2.45) is 5.84 Å². The van der Waals surface area contributed by atoms with E-state index >= 15 is 0 Å². The van der Waals surface area contributed by atoms with Crippen molar-refractivity contribution >= 4 is 5.91 Å². The number of halogens is 1. The lowest BCUT2D eigenvalue weighted by Gasteiger charge is -2.25. The summed E-state index contributed by atoms with van der Waals surface area (Å²) >= 11 is 0. The van der Waals surface area contributed by atoms with Gasteiger partial charge in [0, 0.05) is 24.6 Å². The molecule has 0 heterocycles. The number of benzene rings is 1. The fraction of sp³-hybridized carbons (Fsp3) is 0.417. The number of rotatable bonds is 5. The van der Waals surface area contributed by atoms with Crippen molar-refractivity contribution in [3.05, 3.63) is 35.6 Å². The molecule has 1 aromatic rings. The van der Waals surface area contributed by atoms with E-state index < -0.39 is 0 Å². The Morgan fingerprint density at radius 2 is 2.18 bits per heavy atom. The lowest BCUT2D eigenvalue weighted by molar-refractivity contribution is -0.121. The van der Waals surface area contributed by atoms with Crippen LogP contribution in [0.25, 0.3) is 0 Å². The van der Waals surface area contributed by atoms with Gasteiger partial charge in [0.15, 0.2) is 0 Å². The third-order valence-electron chi connectivity index (χ3n) is 2.87. The van der Waals surface area contributed by atoms with Crippen molar-refractivity contribution in [3.63, 3.8) is 0 Å². The topological polar surface area (TPSA) is 58.4 Å². The first-order chi connectivity index (χ1) is 8.06. The highest BCUT2D eigenvalue weighted by molar-refractivity contribution is 5.75. The summed E-state index contributed by atoms with van der Waals surface area (Å²) < 4.78 is 13.5. The Balaban J connectivity index is 2.61. The number of carbonyl (C=O) groups excluding carboxylic acids is 1. The van der Waals surface area contributed by atoms with Gasteiger partial charge in [-0.1, -0.05) is 18.2 Å². The molecule has 5 heteroatoms. The minimum absolute atomic E-state index is 0.0817.